The fourth-order valence-corrected chi connectivity index (χ4v) is 2.80. The number of rotatable bonds is 2. The van der Waals surface area contributed by atoms with Crippen LogP contribution in [0.4, 0.5) is 8.78 Å². The SMILES string of the molecule is CCC1CCC(N)(c2ccc(C)c(F)c2F)C1. The Morgan fingerprint density at radius 2 is 2.06 bits per heavy atom. The van der Waals surface area contributed by atoms with E-state index in [1.54, 1.807) is 19.1 Å². The van der Waals surface area contributed by atoms with Gasteiger partial charge >= 0.3 is 0 Å². The van der Waals surface area contributed by atoms with E-state index in [2.05, 4.69) is 6.92 Å². The normalized spacial score (nSPS) is 28.6. The number of hydrogen-bond donors (Lipinski definition) is 1. The summed E-state index contributed by atoms with van der Waals surface area (Å²) in [5.74, 6) is -0.986. The fraction of sp³-hybridized carbons (Fsp3) is 0.571. The van der Waals surface area contributed by atoms with Crippen molar-refractivity contribution >= 4 is 0 Å². The molecule has 1 aromatic rings. The quantitative estimate of drug-likeness (QED) is 0.837. The van der Waals surface area contributed by atoms with Crippen LogP contribution in [0.3, 0.4) is 0 Å². The third-order valence-electron chi connectivity index (χ3n) is 4.04. The van der Waals surface area contributed by atoms with Gasteiger partial charge in [-0.05, 0) is 37.7 Å². The molecule has 1 aliphatic carbocycles. The van der Waals surface area contributed by atoms with Gasteiger partial charge in [-0.15, -0.1) is 0 Å². The molecule has 0 heterocycles. The maximum Gasteiger partial charge on any atom is 0.164 e. The Bertz CT molecular complexity index is 430. The van der Waals surface area contributed by atoms with Gasteiger partial charge in [0.2, 0.25) is 0 Å². The summed E-state index contributed by atoms with van der Waals surface area (Å²) in [5, 5.41) is 0. The minimum atomic E-state index is -0.760. The van der Waals surface area contributed by atoms with E-state index in [9.17, 15) is 8.78 Å². The molecule has 0 saturated heterocycles. The van der Waals surface area contributed by atoms with Gasteiger partial charge in [0, 0.05) is 11.1 Å². The average molecular weight is 239 g/mol. The maximum absolute atomic E-state index is 13.9. The number of hydrogen-bond acceptors (Lipinski definition) is 1. The highest BCUT2D eigenvalue weighted by Gasteiger charge is 2.38. The molecule has 2 unspecified atom stereocenters. The summed E-state index contributed by atoms with van der Waals surface area (Å²) >= 11 is 0. The Balaban J connectivity index is 2.38. The van der Waals surface area contributed by atoms with Crippen molar-refractivity contribution < 1.29 is 8.78 Å². The molecule has 0 radical (unpaired) electrons. The van der Waals surface area contributed by atoms with Gasteiger partial charge in [-0.25, -0.2) is 8.78 Å². The van der Waals surface area contributed by atoms with Crippen molar-refractivity contribution in [3.8, 4) is 0 Å². The van der Waals surface area contributed by atoms with Crippen LogP contribution < -0.4 is 5.73 Å². The lowest BCUT2D eigenvalue weighted by Crippen LogP contribution is -2.35. The highest BCUT2D eigenvalue weighted by molar-refractivity contribution is 5.32. The number of benzene rings is 1. The molecule has 0 aliphatic heterocycles. The molecular weight excluding hydrogens is 220 g/mol. The van der Waals surface area contributed by atoms with Crippen LogP contribution in [0.25, 0.3) is 0 Å². The summed E-state index contributed by atoms with van der Waals surface area (Å²) in [6, 6.07) is 3.26. The Kier molecular flexibility index (Phi) is 3.21. The van der Waals surface area contributed by atoms with E-state index in [0.717, 1.165) is 25.7 Å². The van der Waals surface area contributed by atoms with Crippen LogP contribution in [0.1, 0.15) is 43.7 Å². The maximum atomic E-state index is 13.9. The van der Waals surface area contributed by atoms with Crippen molar-refractivity contribution in [1.29, 1.82) is 0 Å². The van der Waals surface area contributed by atoms with Crippen LogP contribution >= 0.6 is 0 Å². The lowest BCUT2D eigenvalue weighted by molar-refractivity contribution is 0.391. The Morgan fingerprint density at radius 3 is 2.65 bits per heavy atom. The molecule has 2 N–H and O–H groups in total. The zero-order valence-corrected chi connectivity index (χ0v) is 10.4. The standard InChI is InChI=1S/C14H19F2N/c1-3-10-6-7-14(17,8-10)11-5-4-9(2)12(15)13(11)16/h4-5,10H,3,6-8,17H2,1-2H3. The van der Waals surface area contributed by atoms with Gasteiger partial charge in [-0.2, -0.15) is 0 Å². The Morgan fingerprint density at radius 1 is 1.35 bits per heavy atom. The van der Waals surface area contributed by atoms with Gasteiger partial charge in [0.15, 0.2) is 11.6 Å². The lowest BCUT2D eigenvalue weighted by atomic mass is 9.87. The lowest BCUT2D eigenvalue weighted by Gasteiger charge is -2.26. The highest BCUT2D eigenvalue weighted by Crippen LogP contribution is 2.42. The molecule has 1 aliphatic rings. The van der Waals surface area contributed by atoms with Crippen LogP contribution in [0.15, 0.2) is 12.1 Å². The molecule has 0 bridgehead atoms. The smallest absolute Gasteiger partial charge is 0.164 e. The van der Waals surface area contributed by atoms with E-state index < -0.39 is 17.2 Å². The zero-order valence-electron chi connectivity index (χ0n) is 10.4. The van der Waals surface area contributed by atoms with Crippen LogP contribution in [0.5, 0.6) is 0 Å². The van der Waals surface area contributed by atoms with Crippen molar-refractivity contribution in [2.45, 2.75) is 45.1 Å². The molecule has 1 saturated carbocycles. The third kappa shape index (κ3) is 2.08. The van der Waals surface area contributed by atoms with E-state index in [0.29, 0.717) is 17.0 Å². The van der Waals surface area contributed by atoms with Crippen LogP contribution in [-0.2, 0) is 5.54 Å². The first-order chi connectivity index (χ1) is 7.98. The van der Waals surface area contributed by atoms with Crippen LogP contribution in [-0.4, -0.2) is 0 Å². The van der Waals surface area contributed by atoms with Crippen molar-refractivity contribution in [1.82, 2.24) is 0 Å². The second-order valence-electron chi connectivity index (χ2n) is 5.23. The first-order valence-electron chi connectivity index (χ1n) is 6.22. The average Bonchev–Trinajstić information content (AvgIpc) is 2.69. The minimum Gasteiger partial charge on any atom is -0.321 e. The molecule has 0 spiro atoms. The van der Waals surface area contributed by atoms with Gasteiger partial charge < -0.3 is 5.73 Å². The predicted molar refractivity (Wildman–Crippen MR) is 64.6 cm³/mol. The summed E-state index contributed by atoms with van der Waals surface area (Å²) in [6.45, 7) is 3.68. The summed E-state index contributed by atoms with van der Waals surface area (Å²) in [5.41, 5.74) is 6.26. The monoisotopic (exact) mass is 239 g/mol. The molecule has 94 valence electrons. The fourth-order valence-electron chi connectivity index (χ4n) is 2.80. The van der Waals surface area contributed by atoms with Gasteiger partial charge in [-0.1, -0.05) is 25.5 Å². The topological polar surface area (TPSA) is 26.0 Å². The largest absolute Gasteiger partial charge is 0.321 e. The van der Waals surface area contributed by atoms with E-state index in [4.69, 9.17) is 5.73 Å². The molecule has 0 amide bonds. The predicted octanol–water partition coefficient (Wildman–Crippen LogP) is 3.64. The number of nitrogens with two attached hydrogens (primary N) is 1. The molecule has 2 rings (SSSR count). The number of halogens is 2. The van der Waals surface area contributed by atoms with Crippen molar-refractivity contribution in [3.63, 3.8) is 0 Å². The van der Waals surface area contributed by atoms with Gasteiger partial charge in [0.25, 0.3) is 0 Å². The van der Waals surface area contributed by atoms with Crippen molar-refractivity contribution in [3.05, 3.63) is 34.9 Å². The molecule has 2 atom stereocenters. The van der Waals surface area contributed by atoms with Crippen molar-refractivity contribution in [2.24, 2.45) is 11.7 Å². The molecule has 1 nitrogen and oxygen atoms in total. The van der Waals surface area contributed by atoms with E-state index >= 15 is 0 Å². The van der Waals surface area contributed by atoms with Gasteiger partial charge in [0.1, 0.15) is 0 Å². The molecular formula is C14H19F2N. The van der Waals surface area contributed by atoms with Crippen molar-refractivity contribution in [2.75, 3.05) is 0 Å². The summed E-state index contributed by atoms with van der Waals surface area (Å²) in [4.78, 5) is 0. The molecule has 1 aromatic carbocycles. The number of aryl methyl sites for hydroxylation is 1. The second-order valence-corrected chi connectivity index (χ2v) is 5.23. The molecule has 0 aromatic heterocycles. The zero-order chi connectivity index (χ0) is 12.6. The Hall–Kier alpha value is -0.960. The van der Waals surface area contributed by atoms with Crippen LogP contribution in [0.2, 0.25) is 0 Å². The third-order valence-corrected chi connectivity index (χ3v) is 4.04. The Labute approximate surface area is 101 Å². The highest BCUT2D eigenvalue weighted by atomic mass is 19.2. The van der Waals surface area contributed by atoms with E-state index in [1.807, 2.05) is 0 Å². The first-order valence-corrected chi connectivity index (χ1v) is 6.22. The van der Waals surface area contributed by atoms with E-state index in [1.165, 1.54) is 0 Å². The van der Waals surface area contributed by atoms with Gasteiger partial charge in [-0.3, -0.25) is 0 Å². The second kappa shape index (κ2) is 4.37. The molecule has 17 heavy (non-hydrogen) atoms. The summed E-state index contributed by atoms with van der Waals surface area (Å²) < 4.78 is 27.5. The minimum absolute atomic E-state index is 0.333. The first kappa shape index (κ1) is 12.5. The molecule has 1 fully saturated rings. The molecule has 3 heteroatoms. The van der Waals surface area contributed by atoms with Crippen LogP contribution in [0, 0.1) is 24.5 Å². The van der Waals surface area contributed by atoms with E-state index in [-0.39, 0.29) is 0 Å². The summed E-state index contributed by atoms with van der Waals surface area (Å²) in [7, 11) is 0. The van der Waals surface area contributed by atoms with Gasteiger partial charge in [0.05, 0.1) is 0 Å². The summed E-state index contributed by atoms with van der Waals surface area (Å²) in [6.07, 6.45) is 3.55.